The van der Waals surface area contributed by atoms with Crippen molar-refractivity contribution in [3.63, 3.8) is 0 Å². The van der Waals surface area contributed by atoms with Gasteiger partial charge in [0.25, 0.3) is 0 Å². The first kappa shape index (κ1) is 24.4. The summed E-state index contributed by atoms with van der Waals surface area (Å²) in [6.45, 7) is 0. The number of pyridine rings is 2. The van der Waals surface area contributed by atoms with Crippen LogP contribution in [0, 0.1) is 5.82 Å². The molecule has 0 radical (unpaired) electrons. The number of carbonyl (C=O) groups excluding carboxylic acids is 1. The molecule has 4 heterocycles. The lowest BCUT2D eigenvalue weighted by Crippen LogP contribution is -2.23. The molecule has 2 N–H and O–H groups in total. The quantitative estimate of drug-likeness (QED) is 0.263. The fourth-order valence-corrected chi connectivity index (χ4v) is 4.22. The summed E-state index contributed by atoms with van der Waals surface area (Å²) in [5.74, 6) is -2.25. The van der Waals surface area contributed by atoms with Crippen LogP contribution >= 0.6 is 11.6 Å². The number of benzene rings is 1. The van der Waals surface area contributed by atoms with Crippen LogP contribution in [0.25, 0.3) is 33.5 Å². The van der Waals surface area contributed by atoms with E-state index in [1.807, 2.05) is 12.1 Å². The van der Waals surface area contributed by atoms with E-state index < -0.39 is 30.5 Å². The van der Waals surface area contributed by atoms with Crippen molar-refractivity contribution >= 4 is 34.4 Å². The average Bonchev–Trinajstić information content (AvgIpc) is 3.27. The standard InChI is InChI=1S/C26H18ClF3N6O/c27-20-13-19-25(36-35-20)23(18-3-1-2-9-31-18)24(33-19)15-8-10-32-22(11-15)34-26(37)17(12-21(29)30)14-4-6-16(28)7-5-14/h1-11,13,17,21,33H,12H2,(H,32,34,37). The molecule has 11 heteroatoms. The predicted molar refractivity (Wildman–Crippen MR) is 134 cm³/mol. The number of carbonyl (C=O) groups is 1. The van der Waals surface area contributed by atoms with Crippen LogP contribution in [0.1, 0.15) is 17.9 Å². The van der Waals surface area contributed by atoms with Crippen LogP contribution in [0.5, 0.6) is 0 Å². The lowest BCUT2D eigenvalue weighted by atomic mass is 9.95. The molecule has 1 amide bonds. The van der Waals surface area contributed by atoms with E-state index in [2.05, 4.69) is 30.5 Å². The molecule has 0 saturated carbocycles. The smallest absolute Gasteiger partial charge is 0.239 e. The number of amides is 1. The summed E-state index contributed by atoms with van der Waals surface area (Å²) in [7, 11) is 0. The van der Waals surface area contributed by atoms with E-state index >= 15 is 0 Å². The second-order valence-electron chi connectivity index (χ2n) is 8.17. The molecule has 5 aromatic rings. The van der Waals surface area contributed by atoms with Gasteiger partial charge in [0, 0.05) is 30.4 Å². The highest BCUT2D eigenvalue weighted by Crippen LogP contribution is 2.37. The number of alkyl halides is 2. The first-order chi connectivity index (χ1) is 17.9. The summed E-state index contributed by atoms with van der Waals surface area (Å²) in [6.07, 6.45) is -0.321. The molecule has 0 fully saturated rings. The molecular weight excluding hydrogens is 505 g/mol. The zero-order valence-corrected chi connectivity index (χ0v) is 19.8. The summed E-state index contributed by atoms with van der Waals surface area (Å²) in [5, 5.41) is 11.0. The van der Waals surface area contributed by atoms with Gasteiger partial charge in [-0.05, 0) is 42.0 Å². The normalized spacial score (nSPS) is 12.1. The molecule has 4 aromatic heterocycles. The third-order valence-electron chi connectivity index (χ3n) is 5.73. The lowest BCUT2D eigenvalue weighted by Gasteiger charge is -2.17. The van der Waals surface area contributed by atoms with Gasteiger partial charge in [0.05, 0.1) is 28.4 Å². The molecule has 1 atom stereocenters. The maximum Gasteiger partial charge on any atom is 0.239 e. The van der Waals surface area contributed by atoms with E-state index in [4.69, 9.17) is 11.6 Å². The Hall–Kier alpha value is -4.31. The fourth-order valence-electron chi connectivity index (χ4n) is 4.08. The van der Waals surface area contributed by atoms with Gasteiger partial charge in [-0.25, -0.2) is 18.2 Å². The maximum absolute atomic E-state index is 13.3. The summed E-state index contributed by atoms with van der Waals surface area (Å²) in [5.41, 5.74) is 4.03. The van der Waals surface area contributed by atoms with E-state index in [9.17, 15) is 18.0 Å². The number of aromatic amines is 1. The van der Waals surface area contributed by atoms with Gasteiger partial charge >= 0.3 is 0 Å². The number of rotatable bonds is 7. The van der Waals surface area contributed by atoms with Gasteiger partial charge in [-0.15, -0.1) is 10.2 Å². The van der Waals surface area contributed by atoms with Gasteiger partial charge in [-0.2, -0.15) is 0 Å². The van der Waals surface area contributed by atoms with Crippen LogP contribution in [0.2, 0.25) is 5.15 Å². The highest BCUT2D eigenvalue weighted by atomic mass is 35.5. The summed E-state index contributed by atoms with van der Waals surface area (Å²) >= 11 is 6.04. The summed E-state index contributed by atoms with van der Waals surface area (Å²) in [4.78, 5) is 24.9. The van der Waals surface area contributed by atoms with Crippen molar-refractivity contribution < 1.29 is 18.0 Å². The monoisotopic (exact) mass is 522 g/mol. The minimum atomic E-state index is -2.74. The number of halogens is 4. The molecule has 0 aliphatic rings. The summed E-state index contributed by atoms with van der Waals surface area (Å²) < 4.78 is 39.9. The Kier molecular flexibility index (Phi) is 6.82. The second-order valence-corrected chi connectivity index (χ2v) is 8.56. The largest absolute Gasteiger partial charge is 0.352 e. The number of hydrogen-bond donors (Lipinski definition) is 2. The second kappa shape index (κ2) is 10.4. The van der Waals surface area contributed by atoms with Crippen molar-refractivity contribution in [3.8, 4) is 22.5 Å². The van der Waals surface area contributed by atoms with Crippen molar-refractivity contribution in [2.24, 2.45) is 0 Å². The van der Waals surface area contributed by atoms with Crippen LogP contribution in [0.15, 0.2) is 73.1 Å². The fraction of sp³-hybridized carbons (Fsp3) is 0.115. The SMILES string of the molecule is O=C(Nc1cc(-c2[nH]c3cc(Cl)nnc3c2-c2ccccn2)ccn1)C(CC(F)F)c1ccc(F)cc1. The van der Waals surface area contributed by atoms with Crippen molar-refractivity contribution in [3.05, 3.63) is 89.6 Å². The third-order valence-corrected chi connectivity index (χ3v) is 5.92. The maximum atomic E-state index is 13.3. The van der Waals surface area contributed by atoms with Crippen molar-refractivity contribution in [1.82, 2.24) is 25.1 Å². The van der Waals surface area contributed by atoms with Crippen molar-refractivity contribution in [2.75, 3.05) is 5.32 Å². The first-order valence-corrected chi connectivity index (χ1v) is 11.5. The number of aromatic nitrogens is 5. The van der Waals surface area contributed by atoms with Crippen LogP contribution in [-0.2, 0) is 4.79 Å². The number of nitrogens with one attached hydrogen (secondary N) is 2. The van der Waals surface area contributed by atoms with Gasteiger partial charge in [0.15, 0.2) is 5.15 Å². The van der Waals surface area contributed by atoms with Gasteiger partial charge in [0.2, 0.25) is 12.3 Å². The zero-order valence-electron chi connectivity index (χ0n) is 19.0. The van der Waals surface area contributed by atoms with E-state index in [1.54, 1.807) is 30.5 Å². The number of hydrogen-bond acceptors (Lipinski definition) is 5. The first-order valence-electron chi connectivity index (χ1n) is 11.2. The molecule has 186 valence electrons. The number of anilines is 1. The molecule has 0 saturated heterocycles. The van der Waals surface area contributed by atoms with Crippen LogP contribution < -0.4 is 5.32 Å². The molecule has 0 spiro atoms. The summed E-state index contributed by atoms with van der Waals surface area (Å²) in [6, 6.07) is 15.3. The molecule has 1 aromatic carbocycles. The molecule has 5 rings (SSSR count). The highest BCUT2D eigenvalue weighted by Gasteiger charge is 2.26. The van der Waals surface area contributed by atoms with Gasteiger partial charge < -0.3 is 10.3 Å². The minimum absolute atomic E-state index is 0.152. The Morgan fingerprint density at radius 3 is 2.54 bits per heavy atom. The Bertz CT molecular complexity index is 1560. The molecule has 1 unspecified atom stereocenters. The van der Waals surface area contributed by atoms with E-state index in [0.29, 0.717) is 33.5 Å². The Morgan fingerprint density at radius 2 is 1.81 bits per heavy atom. The number of H-pyrrole nitrogens is 1. The zero-order chi connectivity index (χ0) is 25.9. The number of nitrogens with zero attached hydrogens (tertiary/aromatic N) is 4. The molecule has 37 heavy (non-hydrogen) atoms. The van der Waals surface area contributed by atoms with Crippen LogP contribution in [0.4, 0.5) is 19.0 Å². The Labute approximate surface area is 213 Å². The predicted octanol–water partition coefficient (Wildman–Crippen LogP) is 6.25. The Balaban J connectivity index is 1.52. The topological polar surface area (TPSA) is 96.5 Å². The van der Waals surface area contributed by atoms with Gasteiger partial charge in [-0.3, -0.25) is 9.78 Å². The van der Waals surface area contributed by atoms with E-state index in [-0.39, 0.29) is 16.5 Å². The van der Waals surface area contributed by atoms with Crippen molar-refractivity contribution in [1.29, 1.82) is 0 Å². The molecular formula is C26H18ClF3N6O. The van der Waals surface area contributed by atoms with Gasteiger partial charge in [-0.1, -0.05) is 29.8 Å². The van der Waals surface area contributed by atoms with Gasteiger partial charge in [0.1, 0.15) is 17.2 Å². The van der Waals surface area contributed by atoms with Crippen LogP contribution in [0.3, 0.4) is 0 Å². The Morgan fingerprint density at radius 1 is 1.00 bits per heavy atom. The lowest BCUT2D eigenvalue weighted by molar-refractivity contribution is -0.118. The average molecular weight is 523 g/mol. The third kappa shape index (κ3) is 5.29. The highest BCUT2D eigenvalue weighted by molar-refractivity contribution is 6.30. The molecule has 0 aliphatic heterocycles. The molecule has 0 aliphatic carbocycles. The number of fused-ring (bicyclic) bond motifs is 1. The van der Waals surface area contributed by atoms with Crippen LogP contribution in [-0.4, -0.2) is 37.5 Å². The van der Waals surface area contributed by atoms with E-state index in [0.717, 1.165) is 12.1 Å². The molecule has 7 nitrogen and oxygen atoms in total. The molecule has 0 bridgehead atoms. The van der Waals surface area contributed by atoms with Crippen molar-refractivity contribution in [2.45, 2.75) is 18.8 Å². The van der Waals surface area contributed by atoms with E-state index in [1.165, 1.54) is 18.3 Å². The minimum Gasteiger partial charge on any atom is -0.352 e.